The summed E-state index contributed by atoms with van der Waals surface area (Å²) in [6.07, 6.45) is 4.35. The third-order valence-corrected chi connectivity index (χ3v) is 7.01. The first-order valence-corrected chi connectivity index (χ1v) is 12.2. The number of para-hydroxylation sites is 1. The summed E-state index contributed by atoms with van der Waals surface area (Å²) < 4.78 is 13.8. The molecular weight excluding hydrogens is 426 g/mol. The molecule has 3 unspecified atom stereocenters. The Labute approximate surface area is 191 Å². The van der Waals surface area contributed by atoms with Crippen LogP contribution in [0.25, 0.3) is 22.3 Å². The fraction of sp³-hybridized carbons (Fsp3) is 0.522. The summed E-state index contributed by atoms with van der Waals surface area (Å²) in [5, 5.41) is 10.9. The number of carbonyl (C=O) groups excluding carboxylic acids is 1. The van der Waals surface area contributed by atoms with E-state index in [4.69, 9.17) is 9.47 Å². The standard InChI is InChI=1S/C23H29N5O3S/c1-15-11-27(12-16(2)31-15)21(29)14-32-23-26-25-22(28(23)13-17-6-5-9-30-17)19-10-24-20-8-4-3-7-18(19)20/h3-4,7-8,10,15-17,24H,5-6,9,11-14H2,1-2H3. The number of amides is 1. The molecule has 5 rings (SSSR count). The van der Waals surface area contributed by atoms with Crippen LogP contribution < -0.4 is 0 Å². The Morgan fingerprint density at radius 3 is 2.81 bits per heavy atom. The smallest absolute Gasteiger partial charge is 0.233 e. The molecule has 8 nitrogen and oxygen atoms in total. The molecule has 0 bridgehead atoms. The van der Waals surface area contributed by atoms with E-state index >= 15 is 0 Å². The lowest BCUT2D eigenvalue weighted by atomic mass is 10.1. The number of ether oxygens (including phenoxy) is 2. The van der Waals surface area contributed by atoms with Gasteiger partial charge in [0, 0.05) is 42.4 Å². The Hall–Kier alpha value is -2.36. The van der Waals surface area contributed by atoms with Gasteiger partial charge in [-0.1, -0.05) is 30.0 Å². The Morgan fingerprint density at radius 1 is 1.22 bits per heavy atom. The first-order chi connectivity index (χ1) is 15.6. The average Bonchev–Trinajstić information content (AvgIpc) is 3.52. The zero-order valence-electron chi connectivity index (χ0n) is 18.5. The number of morpholine rings is 1. The van der Waals surface area contributed by atoms with Gasteiger partial charge in [0.25, 0.3) is 0 Å². The summed E-state index contributed by atoms with van der Waals surface area (Å²) in [6.45, 7) is 6.76. The minimum absolute atomic E-state index is 0.0596. The second-order valence-electron chi connectivity index (χ2n) is 8.64. The molecule has 2 saturated heterocycles. The van der Waals surface area contributed by atoms with Crippen LogP contribution in [0.15, 0.2) is 35.6 Å². The number of nitrogens with zero attached hydrogens (tertiary/aromatic N) is 4. The van der Waals surface area contributed by atoms with E-state index in [1.54, 1.807) is 0 Å². The third-order valence-electron chi connectivity index (χ3n) is 6.05. The summed E-state index contributed by atoms with van der Waals surface area (Å²) in [4.78, 5) is 18.1. The molecule has 3 aromatic rings. The van der Waals surface area contributed by atoms with Crippen LogP contribution in [-0.4, -0.2) is 74.3 Å². The number of fused-ring (bicyclic) bond motifs is 1. The molecule has 32 heavy (non-hydrogen) atoms. The summed E-state index contributed by atoms with van der Waals surface area (Å²) >= 11 is 1.45. The van der Waals surface area contributed by atoms with E-state index in [1.807, 2.05) is 37.1 Å². The average molecular weight is 456 g/mol. The van der Waals surface area contributed by atoms with Crippen molar-refractivity contribution in [1.29, 1.82) is 0 Å². The van der Waals surface area contributed by atoms with Crippen LogP contribution in [0.2, 0.25) is 0 Å². The van der Waals surface area contributed by atoms with Gasteiger partial charge in [0.15, 0.2) is 11.0 Å². The highest BCUT2D eigenvalue weighted by Gasteiger charge is 2.27. The van der Waals surface area contributed by atoms with Gasteiger partial charge >= 0.3 is 0 Å². The van der Waals surface area contributed by atoms with Crippen molar-refractivity contribution in [2.75, 3.05) is 25.4 Å². The Bertz CT molecular complexity index is 1080. The van der Waals surface area contributed by atoms with E-state index in [0.717, 1.165) is 46.9 Å². The summed E-state index contributed by atoms with van der Waals surface area (Å²) in [6, 6.07) is 8.18. The largest absolute Gasteiger partial charge is 0.376 e. The molecule has 2 aromatic heterocycles. The van der Waals surface area contributed by atoms with Gasteiger partial charge in [0.1, 0.15) is 0 Å². The van der Waals surface area contributed by atoms with Gasteiger partial charge in [-0.3, -0.25) is 9.36 Å². The SMILES string of the molecule is CC1CN(C(=O)CSc2nnc(-c3c[nH]c4ccccc34)n2CC2CCCO2)CC(C)O1. The third kappa shape index (κ3) is 4.42. The normalized spacial score (nSPS) is 23.8. The predicted molar refractivity (Wildman–Crippen MR) is 124 cm³/mol. The quantitative estimate of drug-likeness (QED) is 0.574. The summed E-state index contributed by atoms with van der Waals surface area (Å²) in [5.41, 5.74) is 2.08. The second-order valence-corrected chi connectivity index (χ2v) is 9.59. The minimum atomic E-state index is 0.0596. The molecule has 0 saturated carbocycles. The van der Waals surface area contributed by atoms with Crippen molar-refractivity contribution < 1.29 is 14.3 Å². The maximum absolute atomic E-state index is 12.9. The molecule has 2 aliphatic rings. The number of H-pyrrole nitrogens is 1. The van der Waals surface area contributed by atoms with E-state index in [9.17, 15) is 4.79 Å². The van der Waals surface area contributed by atoms with Crippen molar-refractivity contribution in [2.45, 2.75) is 56.7 Å². The van der Waals surface area contributed by atoms with Crippen LogP contribution in [0.1, 0.15) is 26.7 Å². The molecule has 4 heterocycles. The Morgan fingerprint density at radius 2 is 2.03 bits per heavy atom. The number of nitrogens with one attached hydrogen (secondary N) is 1. The van der Waals surface area contributed by atoms with Gasteiger partial charge in [-0.05, 0) is 32.8 Å². The summed E-state index contributed by atoms with van der Waals surface area (Å²) in [7, 11) is 0. The number of aromatic amines is 1. The molecule has 0 radical (unpaired) electrons. The first-order valence-electron chi connectivity index (χ1n) is 11.3. The van der Waals surface area contributed by atoms with Crippen LogP contribution in [0, 0.1) is 0 Å². The number of thioether (sulfide) groups is 1. The zero-order valence-corrected chi connectivity index (χ0v) is 19.3. The van der Waals surface area contributed by atoms with Crippen molar-refractivity contribution in [3.63, 3.8) is 0 Å². The molecule has 1 N–H and O–H groups in total. The predicted octanol–water partition coefficient (Wildman–Crippen LogP) is 3.33. The topological polar surface area (TPSA) is 85.3 Å². The zero-order chi connectivity index (χ0) is 22.1. The van der Waals surface area contributed by atoms with Gasteiger partial charge in [-0.15, -0.1) is 10.2 Å². The van der Waals surface area contributed by atoms with Crippen molar-refractivity contribution in [1.82, 2.24) is 24.6 Å². The highest BCUT2D eigenvalue weighted by molar-refractivity contribution is 7.99. The summed E-state index contributed by atoms with van der Waals surface area (Å²) in [5.74, 6) is 1.25. The molecule has 3 atom stereocenters. The van der Waals surface area contributed by atoms with Crippen molar-refractivity contribution >= 4 is 28.6 Å². The van der Waals surface area contributed by atoms with E-state index < -0.39 is 0 Å². The lowest BCUT2D eigenvalue weighted by Gasteiger charge is -2.35. The number of benzene rings is 1. The second kappa shape index (κ2) is 9.25. The van der Waals surface area contributed by atoms with Crippen molar-refractivity contribution in [3.05, 3.63) is 30.5 Å². The van der Waals surface area contributed by atoms with Crippen LogP contribution in [-0.2, 0) is 20.8 Å². The molecule has 1 aromatic carbocycles. The Balaban J connectivity index is 1.39. The van der Waals surface area contributed by atoms with Gasteiger partial charge in [0.05, 0.1) is 30.6 Å². The van der Waals surface area contributed by atoms with E-state index in [1.165, 1.54) is 11.8 Å². The van der Waals surface area contributed by atoms with Crippen LogP contribution >= 0.6 is 11.8 Å². The first kappa shape index (κ1) is 21.5. The van der Waals surface area contributed by atoms with Gasteiger partial charge < -0.3 is 19.4 Å². The van der Waals surface area contributed by atoms with E-state index in [2.05, 4.69) is 31.9 Å². The highest BCUT2D eigenvalue weighted by Crippen LogP contribution is 2.31. The minimum Gasteiger partial charge on any atom is -0.376 e. The van der Waals surface area contributed by atoms with Crippen LogP contribution in [0.5, 0.6) is 0 Å². The number of hydrogen-bond acceptors (Lipinski definition) is 6. The molecule has 170 valence electrons. The van der Waals surface area contributed by atoms with Gasteiger partial charge in [-0.2, -0.15) is 0 Å². The molecule has 2 fully saturated rings. The number of hydrogen-bond donors (Lipinski definition) is 1. The maximum atomic E-state index is 12.9. The number of carbonyl (C=O) groups is 1. The molecule has 0 aliphatic carbocycles. The lowest BCUT2D eigenvalue weighted by molar-refractivity contribution is -0.140. The van der Waals surface area contributed by atoms with Crippen LogP contribution in [0.3, 0.4) is 0 Å². The molecule has 9 heteroatoms. The number of rotatable bonds is 6. The molecular formula is C23H29N5O3S. The van der Waals surface area contributed by atoms with E-state index in [0.29, 0.717) is 25.4 Å². The Kier molecular flexibility index (Phi) is 6.21. The fourth-order valence-electron chi connectivity index (χ4n) is 4.61. The van der Waals surface area contributed by atoms with Gasteiger partial charge in [-0.25, -0.2) is 0 Å². The highest BCUT2D eigenvalue weighted by atomic mass is 32.2. The van der Waals surface area contributed by atoms with Gasteiger partial charge in [0.2, 0.25) is 5.91 Å². The molecule has 1 amide bonds. The number of aromatic nitrogens is 4. The maximum Gasteiger partial charge on any atom is 0.233 e. The van der Waals surface area contributed by atoms with Crippen LogP contribution in [0.4, 0.5) is 0 Å². The molecule has 2 aliphatic heterocycles. The molecule has 0 spiro atoms. The van der Waals surface area contributed by atoms with Crippen molar-refractivity contribution in [3.8, 4) is 11.4 Å². The monoisotopic (exact) mass is 455 g/mol. The van der Waals surface area contributed by atoms with Crippen molar-refractivity contribution in [2.24, 2.45) is 0 Å². The fourth-order valence-corrected chi connectivity index (χ4v) is 5.46. The van der Waals surface area contributed by atoms with E-state index in [-0.39, 0.29) is 24.2 Å². The lowest BCUT2D eigenvalue weighted by Crippen LogP contribution is -2.48.